The monoisotopic (exact) mass is 472 g/mol. The molecule has 1 unspecified atom stereocenters. The number of carbonyl (C=O) groups excluding carboxylic acids is 2. The van der Waals surface area contributed by atoms with Gasteiger partial charge in [0.25, 0.3) is 11.8 Å². The zero-order valence-electron chi connectivity index (χ0n) is 18.6. The zero-order valence-corrected chi connectivity index (χ0v) is 19.4. The minimum Gasteiger partial charge on any atom is -0.352 e. The number of hydrazone groups is 1. The number of carbonyl (C=O) groups is 2. The van der Waals surface area contributed by atoms with Crippen LogP contribution in [0.5, 0.6) is 0 Å². The van der Waals surface area contributed by atoms with Crippen LogP contribution in [0, 0.1) is 5.82 Å². The molecule has 1 aliphatic heterocycles. The standard InChI is InChI=1S/C25H30ClFN4O2/c26-21-12-9-13-22(27)20(21)18-29-30-25(33)23(31-16-7-2-8-17-31)14-5-6-15-28-24(32)19-10-3-1-4-11-19/h1,3-4,9-13,18,23H,2,5-8,14-17H2,(H,28,32)(H,30,33). The van der Waals surface area contributed by atoms with Gasteiger partial charge in [-0.3, -0.25) is 14.5 Å². The van der Waals surface area contributed by atoms with Gasteiger partial charge in [0.15, 0.2) is 0 Å². The number of likely N-dealkylation sites (tertiary alicyclic amines) is 1. The summed E-state index contributed by atoms with van der Waals surface area (Å²) in [5.41, 5.74) is 3.33. The Kier molecular flexibility index (Phi) is 9.84. The van der Waals surface area contributed by atoms with Crippen molar-refractivity contribution in [3.05, 3.63) is 70.5 Å². The molecule has 0 saturated carbocycles. The summed E-state index contributed by atoms with van der Waals surface area (Å²) >= 11 is 6.01. The number of rotatable bonds is 10. The highest BCUT2D eigenvalue weighted by molar-refractivity contribution is 6.33. The molecule has 176 valence electrons. The molecule has 33 heavy (non-hydrogen) atoms. The summed E-state index contributed by atoms with van der Waals surface area (Å²) in [6.45, 7) is 2.28. The third-order valence-corrected chi connectivity index (χ3v) is 6.06. The summed E-state index contributed by atoms with van der Waals surface area (Å²) in [5, 5.41) is 7.10. The summed E-state index contributed by atoms with van der Waals surface area (Å²) in [7, 11) is 0. The van der Waals surface area contributed by atoms with Crippen LogP contribution < -0.4 is 10.7 Å². The highest BCUT2D eigenvalue weighted by Gasteiger charge is 2.26. The summed E-state index contributed by atoms with van der Waals surface area (Å²) in [4.78, 5) is 27.2. The Morgan fingerprint density at radius 1 is 1.06 bits per heavy atom. The molecular formula is C25H30ClFN4O2. The number of nitrogens with zero attached hydrogens (tertiary/aromatic N) is 2. The minimum absolute atomic E-state index is 0.0953. The highest BCUT2D eigenvalue weighted by Crippen LogP contribution is 2.18. The van der Waals surface area contributed by atoms with E-state index in [9.17, 15) is 14.0 Å². The van der Waals surface area contributed by atoms with Crippen LogP contribution in [0.4, 0.5) is 4.39 Å². The van der Waals surface area contributed by atoms with Crippen molar-refractivity contribution in [2.24, 2.45) is 5.10 Å². The fraction of sp³-hybridized carbons (Fsp3) is 0.400. The second kappa shape index (κ2) is 13.1. The van der Waals surface area contributed by atoms with Crippen molar-refractivity contribution in [2.75, 3.05) is 19.6 Å². The van der Waals surface area contributed by atoms with Gasteiger partial charge in [0.1, 0.15) is 5.82 Å². The lowest BCUT2D eigenvalue weighted by atomic mass is 10.0. The van der Waals surface area contributed by atoms with Crippen molar-refractivity contribution in [3.63, 3.8) is 0 Å². The van der Waals surface area contributed by atoms with E-state index in [0.29, 0.717) is 18.5 Å². The third kappa shape index (κ3) is 7.65. The van der Waals surface area contributed by atoms with Crippen molar-refractivity contribution >= 4 is 29.6 Å². The predicted octanol–water partition coefficient (Wildman–Crippen LogP) is 4.38. The number of nitrogens with one attached hydrogen (secondary N) is 2. The van der Waals surface area contributed by atoms with Crippen LogP contribution >= 0.6 is 11.6 Å². The molecule has 1 saturated heterocycles. The first-order chi connectivity index (χ1) is 16.1. The Hall–Kier alpha value is -2.77. The van der Waals surface area contributed by atoms with E-state index in [1.807, 2.05) is 18.2 Å². The number of halogens is 2. The summed E-state index contributed by atoms with van der Waals surface area (Å²) in [5.74, 6) is -0.804. The molecule has 1 heterocycles. The molecule has 1 aliphatic rings. The molecule has 8 heteroatoms. The van der Waals surface area contributed by atoms with Gasteiger partial charge in [-0.15, -0.1) is 0 Å². The van der Waals surface area contributed by atoms with Gasteiger partial charge < -0.3 is 5.32 Å². The number of hydrogen-bond acceptors (Lipinski definition) is 4. The first kappa shape index (κ1) is 24.9. The Bertz CT molecular complexity index is 928. The minimum atomic E-state index is -0.495. The fourth-order valence-corrected chi connectivity index (χ4v) is 4.15. The Morgan fingerprint density at radius 3 is 2.55 bits per heavy atom. The van der Waals surface area contributed by atoms with E-state index < -0.39 is 5.82 Å². The van der Waals surface area contributed by atoms with Gasteiger partial charge in [0.2, 0.25) is 0 Å². The smallest absolute Gasteiger partial charge is 0.257 e. The molecule has 0 spiro atoms. The van der Waals surface area contributed by atoms with Crippen LogP contribution in [0.25, 0.3) is 0 Å². The maximum Gasteiger partial charge on any atom is 0.257 e. The molecule has 0 aliphatic carbocycles. The van der Waals surface area contributed by atoms with Crippen LogP contribution in [0.15, 0.2) is 53.6 Å². The lowest BCUT2D eigenvalue weighted by Crippen LogP contribution is -2.47. The maximum absolute atomic E-state index is 13.9. The number of amides is 2. The number of benzene rings is 2. The SMILES string of the molecule is O=C(NCCCCC(C(=O)NN=Cc1c(F)cccc1Cl)N1CCCCC1)c1ccccc1. The number of unbranched alkanes of at least 4 members (excludes halogenated alkanes) is 1. The maximum atomic E-state index is 13.9. The van der Waals surface area contributed by atoms with Gasteiger partial charge in [-0.25, -0.2) is 9.82 Å². The van der Waals surface area contributed by atoms with Crippen molar-refractivity contribution in [1.82, 2.24) is 15.6 Å². The molecule has 6 nitrogen and oxygen atoms in total. The normalized spacial score (nSPS) is 15.3. The van der Waals surface area contributed by atoms with Crippen LogP contribution in [0.1, 0.15) is 54.4 Å². The van der Waals surface area contributed by atoms with Crippen LogP contribution in [0.3, 0.4) is 0 Å². The topological polar surface area (TPSA) is 73.8 Å². The van der Waals surface area contributed by atoms with Gasteiger partial charge in [-0.1, -0.05) is 42.3 Å². The Balaban J connectivity index is 1.50. The molecule has 0 radical (unpaired) electrons. The molecule has 1 fully saturated rings. The van der Waals surface area contributed by atoms with Gasteiger partial charge in [-0.2, -0.15) is 5.10 Å². The average Bonchev–Trinajstić information content (AvgIpc) is 2.84. The van der Waals surface area contributed by atoms with Crippen LogP contribution in [-0.4, -0.2) is 48.6 Å². The van der Waals surface area contributed by atoms with Crippen molar-refractivity contribution < 1.29 is 14.0 Å². The van der Waals surface area contributed by atoms with E-state index in [2.05, 4.69) is 20.7 Å². The first-order valence-electron chi connectivity index (χ1n) is 11.4. The molecule has 3 rings (SSSR count). The quantitative estimate of drug-likeness (QED) is 0.306. The lowest BCUT2D eigenvalue weighted by Gasteiger charge is -2.33. The van der Waals surface area contributed by atoms with E-state index >= 15 is 0 Å². The van der Waals surface area contributed by atoms with E-state index in [1.165, 1.54) is 24.8 Å². The largest absolute Gasteiger partial charge is 0.352 e. The van der Waals surface area contributed by atoms with Gasteiger partial charge in [0.05, 0.1) is 17.3 Å². The lowest BCUT2D eigenvalue weighted by molar-refractivity contribution is -0.127. The molecule has 2 N–H and O–H groups in total. The summed E-state index contributed by atoms with van der Waals surface area (Å²) in [6, 6.07) is 13.2. The molecule has 2 aromatic rings. The summed E-state index contributed by atoms with van der Waals surface area (Å²) < 4.78 is 13.9. The third-order valence-electron chi connectivity index (χ3n) is 5.73. The first-order valence-corrected chi connectivity index (χ1v) is 11.8. The van der Waals surface area contributed by atoms with Gasteiger partial charge in [-0.05, 0) is 69.5 Å². The zero-order chi connectivity index (χ0) is 23.5. The molecular weight excluding hydrogens is 443 g/mol. The van der Waals surface area contributed by atoms with Gasteiger partial charge >= 0.3 is 0 Å². The molecule has 2 aromatic carbocycles. The predicted molar refractivity (Wildman–Crippen MR) is 129 cm³/mol. The highest BCUT2D eigenvalue weighted by atomic mass is 35.5. The fourth-order valence-electron chi connectivity index (χ4n) is 3.93. The molecule has 0 aromatic heterocycles. The average molecular weight is 473 g/mol. The van der Waals surface area contributed by atoms with E-state index in [-0.39, 0.29) is 28.4 Å². The van der Waals surface area contributed by atoms with Crippen molar-refractivity contribution in [1.29, 1.82) is 0 Å². The molecule has 0 bridgehead atoms. The van der Waals surface area contributed by atoms with Gasteiger partial charge in [0, 0.05) is 17.7 Å². The number of hydrogen-bond donors (Lipinski definition) is 2. The second-order valence-electron chi connectivity index (χ2n) is 8.10. The van der Waals surface area contributed by atoms with Crippen LogP contribution in [-0.2, 0) is 4.79 Å². The molecule has 2 amide bonds. The number of piperidine rings is 1. The van der Waals surface area contributed by atoms with Crippen molar-refractivity contribution in [3.8, 4) is 0 Å². The van der Waals surface area contributed by atoms with E-state index in [4.69, 9.17) is 11.6 Å². The van der Waals surface area contributed by atoms with Crippen molar-refractivity contribution in [2.45, 2.75) is 44.6 Å². The Morgan fingerprint density at radius 2 is 1.82 bits per heavy atom. The summed E-state index contributed by atoms with van der Waals surface area (Å²) in [6.07, 6.45) is 6.73. The second-order valence-corrected chi connectivity index (χ2v) is 8.51. The Labute approximate surface area is 199 Å². The van der Waals surface area contributed by atoms with E-state index in [1.54, 1.807) is 18.2 Å². The molecule has 1 atom stereocenters. The van der Waals surface area contributed by atoms with Crippen LogP contribution in [0.2, 0.25) is 5.02 Å². The van der Waals surface area contributed by atoms with E-state index in [0.717, 1.165) is 38.8 Å².